The molecule has 3 heterocycles. The summed E-state index contributed by atoms with van der Waals surface area (Å²) in [5, 5.41) is 1.94. The van der Waals surface area contributed by atoms with Gasteiger partial charge in [0.1, 0.15) is 5.82 Å². The number of thiophene rings is 1. The fourth-order valence-corrected chi connectivity index (χ4v) is 4.09. The summed E-state index contributed by atoms with van der Waals surface area (Å²) < 4.78 is 7.89. The molecule has 27 heavy (non-hydrogen) atoms. The van der Waals surface area contributed by atoms with Gasteiger partial charge in [0.25, 0.3) is 5.91 Å². The highest BCUT2D eigenvalue weighted by atomic mass is 32.1. The van der Waals surface area contributed by atoms with Crippen molar-refractivity contribution in [1.29, 1.82) is 0 Å². The van der Waals surface area contributed by atoms with Crippen LogP contribution in [0.2, 0.25) is 0 Å². The van der Waals surface area contributed by atoms with Crippen LogP contribution >= 0.6 is 11.3 Å². The van der Waals surface area contributed by atoms with Crippen molar-refractivity contribution in [3.05, 3.63) is 76.5 Å². The highest BCUT2D eigenvalue weighted by Crippen LogP contribution is 2.19. The lowest BCUT2D eigenvalue weighted by Crippen LogP contribution is -2.37. The lowest BCUT2D eigenvalue weighted by molar-refractivity contribution is 0.0502. The molecule has 0 saturated carbocycles. The molecule has 1 atom stereocenters. The molecule has 1 aliphatic rings. The van der Waals surface area contributed by atoms with Crippen LogP contribution in [0.3, 0.4) is 0 Å². The summed E-state index contributed by atoms with van der Waals surface area (Å²) >= 11 is 1.48. The number of hydrogen-bond acceptors (Lipinski definition) is 4. The van der Waals surface area contributed by atoms with E-state index in [2.05, 4.69) is 21.7 Å². The van der Waals surface area contributed by atoms with E-state index in [0.29, 0.717) is 13.1 Å². The molecular weight excluding hydrogens is 358 g/mol. The monoisotopic (exact) mass is 381 g/mol. The molecule has 5 nitrogen and oxygen atoms in total. The van der Waals surface area contributed by atoms with Gasteiger partial charge in [0.05, 0.1) is 17.5 Å². The van der Waals surface area contributed by atoms with Gasteiger partial charge in [-0.15, -0.1) is 11.3 Å². The molecule has 0 radical (unpaired) electrons. The second-order valence-electron chi connectivity index (χ2n) is 6.75. The minimum atomic E-state index is 0.0507. The topological polar surface area (TPSA) is 47.4 Å². The maximum Gasteiger partial charge on any atom is 0.264 e. The van der Waals surface area contributed by atoms with Gasteiger partial charge >= 0.3 is 0 Å². The maximum absolute atomic E-state index is 13.0. The van der Waals surface area contributed by atoms with E-state index in [1.807, 2.05) is 46.8 Å². The minimum Gasteiger partial charge on any atom is -0.376 e. The number of ether oxygens (including phenoxy) is 1. The largest absolute Gasteiger partial charge is 0.376 e. The number of nitrogens with zero attached hydrogens (tertiary/aromatic N) is 3. The first kappa shape index (κ1) is 17.9. The van der Waals surface area contributed by atoms with Crippen molar-refractivity contribution < 1.29 is 9.53 Å². The summed E-state index contributed by atoms with van der Waals surface area (Å²) in [5.74, 6) is 0.941. The van der Waals surface area contributed by atoms with E-state index in [4.69, 9.17) is 4.74 Å². The molecule has 1 aromatic carbocycles. The molecule has 4 rings (SSSR count). The molecule has 1 fully saturated rings. The highest BCUT2D eigenvalue weighted by molar-refractivity contribution is 7.12. The summed E-state index contributed by atoms with van der Waals surface area (Å²) in [6.07, 6.45) is 5.97. The number of benzene rings is 1. The SMILES string of the molecule is O=C(c1cccs1)N(Cc1nccn1Cc1ccccc1)CC1CCCO1. The first-order chi connectivity index (χ1) is 13.3. The lowest BCUT2D eigenvalue weighted by Gasteiger charge is -2.25. The quantitative estimate of drug-likeness (QED) is 0.625. The molecule has 140 valence electrons. The van der Waals surface area contributed by atoms with E-state index < -0.39 is 0 Å². The lowest BCUT2D eigenvalue weighted by atomic mass is 10.2. The summed E-state index contributed by atoms with van der Waals surface area (Å²) in [6, 6.07) is 14.1. The fraction of sp³-hybridized carbons (Fsp3) is 0.333. The Balaban J connectivity index is 1.52. The molecule has 3 aromatic rings. The van der Waals surface area contributed by atoms with Crippen molar-refractivity contribution in [3.8, 4) is 0 Å². The Kier molecular flexibility index (Phi) is 5.65. The van der Waals surface area contributed by atoms with Crippen LogP contribution in [-0.2, 0) is 17.8 Å². The number of carbonyl (C=O) groups excluding carboxylic acids is 1. The van der Waals surface area contributed by atoms with Gasteiger partial charge in [0.2, 0.25) is 0 Å². The van der Waals surface area contributed by atoms with E-state index in [1.54, 1.807) is 6.20 Å². The Hall–Kier alpha value is -2.44. The predicted octanol–water partition coefficient (Wildman–Crippen LogP) is 3.81. The first-order valence-electron chi connectivity index (χ1n) is 9.28. The molecule has 6 heteroatoms. The van der Waals surface area contributed by atoms with E-state index in [9.17, 15) is 4.79 Å². The van der Waals surface area contributed by atoms with Gasteiger partial charge in [-0.3, -0.25) is 4.79 Å². The van der Waals surface area contributed by atoms with E-state index in [0.717, 1.165) is 36.7 Å². The van der Waals surface area contributed by atoms with Gasteiger partial charge in [0, 0.05) is 32.1 Å². The normalized spacial score (nSPS) is 16.5. The zero-order chi connectivity index (χ0) is 18.5. The van der Waals surface area contributed by atoms with Gasteiger partial charge in [-0.2, -0.15) is 0 Å². The molecule has 1 aliphatic heterocycles. The second-order valence-corrected chi connectivity index (χ2v) is 7.70. The summed E-state index contributed by atoms with van der Waals surface area (Å²) in [5.41, 5.74) is 1.21. The smallest absolute Gasteiger partial charge is 0.264 e. The average Bonchev–Trinajstić information content (AvgIpc) is 3.45. The molecule has 0 aliphatic carbocycles. The Bertz CT molecular complexity index is 855. The van der Waals surface area contributed by atoms with Gasteiger partial charge in [0.15, 0.2) is 0 Å². The van der Waals surface area contributed by atoms with Gasteiger partial charge in [-0.05, 0) is 29.9 Å². The van der Waals surface area contributed by atoms with Crippen LogP contribution in [0.4, 0.5) is 0 Å². The van der Waals surface area contributed by atoms with Crippen molar-refractivity contribution in [2.45, 2.75) is 32.0 Å². The Morgan fingerprint density at radius 3 is 2.89 bits per heavy atom. The number of aromatic nitrogens is 2. The average molecular weight is 382 g/mol. The van der Waals surface area contributed by atoms with E-state index in [-0.39, 0.29) is 12.0 Å². The number of hydrogen-bond donors (Lipinski definition) is 0. The van der Waals surface area contributed by atoms with Crippen molar-refractivity contribution in [2.75, 3.05) is 13.2 Å². The molecule has 1 saturated heterocycles. The summed E-state index contributed by atoms with van der Waals surface area (Å²) in [4.78, 5) is 20.2. The minimum absolute atomic E-state index is 0.0507. The third kappa shape index (κ3) is 4.46. The fourth-order valence-electron chi connectivity index (χ4n) is 3.40. The van der Waals surface area contributed by atoms with Crippen LogP contribution in [0.25, 0.3) is 0 Å². The van der Waals surface area contributed by atoms with E-state index in [1.165, 1.54) is 16.9 Å². The number of carbonyl (C=O) groups is 1. The predicted molar refractivity (Wildman–Crippen MR) is 106 cm³/mol. The van der Waals surface area contributed by atoms with Crippen molar-refractivity contribution >= 4 is 17.2 Å². The third-order valence-electron chi connectivity index (χ3n) is 4.80. The van der Waals surface area contributed by atoms with Crippen molar-refractivity contribution in [1.82, 2.24) is 14.5 Å². The molecule has 0 N–H and O–H groups in total. The van der Waals surface area contributed by atoms with Crippen LogP contribution in [-0.4, -0.2) is 39.6 Å². The first-order valence-corrected chi connectivity index (χ1v) is 10.2. The third-order valence-corrected chi connectivity index (χ3v) is 5.65. The highest BCUT2D eigenvalue weighted by Gasteiger charge is 2.25. The number of rotatable bonds is 7. The van der Waals surface area contributed by atoms with Crippen LogP contribution in [0.1, 0.15) is 33.9 Å². The van der Waals surface area contributed by atoms with Gasteiger partial charge in [-0.1, -0.05) is 36.4 Å². The zero-order valence-electron chi connectivity index (χ0n) is 15.2. The van der Waals surface area contributed by atoms with Gasteiger partial charge in [-0.25, -0.2) is 4.98 Å². The number of imidazole rings is 1. The van der Waals surface area contributed by atoms with Crippen molar-refractivity contribution in [2.24, 2.45) is 0 Å². The molecule has 0 bridgehead atoms. The Morgan fingerprint density at radius 1 is 1.26 bits per heavy atom. The Labute approximate surface area is 163 Å². The zero-order valence-corrected chi connectivity index (χ0v) is 16.0. The second kappa shape index (κ2) is 8.50. The van der Waals surface area contributed by atoms with Crippen LogP contribution in [0.15, 0.2) is 60.2 Å². The molecule has 1 unspecified atom stereocenters. The standard InChI is InChI=1S/C21H23N3O2S/c25-21(19-9-5-13-27-19)24(15-18-8-4-12-26-18)16-20-22-10-11-23(20)14-17-6-2-1-3-7-17/h1-3,5-7,9-11,13,18H,4,8,12,14-16H2. The summed E-state index contributed by atoms with van der Waals surface area (Å²) in [6.45, 7) is 2.62. The number of amides is 1. The molecule has 2 aromatic heterocycles. The molecular formula is C21H23N3O2S. The van der Waals surface area contributed by atoms with Crippen LogP contribution in [0.5, 0.6) is 0 Å². The summed E-state index contributed by atoms with van der Waals surface area (Å²) in [7, 11) is 0. The van der Waals surface area contributed by atoms with Gasteiger partial charge < -0.3 is 14.2 Å². The van der Waals surface area contributed by atoms with Crippen LogP contribution in [0, 0.1) is 0 Å². The Morgan fingerprint density at radius 2 is 2.15 bits per heavy atom. The maximum atomic E-state index is 13.0. The molecule has 0 spiro atoms. The van der Waals surface area contributed by atoms with E-state index >= 15 is 0 Å². The van der Waals surface area contributed by atoms with Crippen molar-refractivity contribution in [3.63, 3.8) is 0 Å². The van der Waals surface area contributed by atoms with Crippen LogP contribution < -0.4 is 0 Å². The molecule has 1 amide bonds.